The molecule has 1 aliphatic rings. The molecule has 0 aliphatic carbocycles. The summed E-state index contributed by atoms with van der Waals surface area (Å²) in [7, 11) is 0. The van der Waals surface area contributed by atoms with Gasteiger partial charge in [0.15, 0.2) is 0 Å². The Bertz CT molecular complexity index is 1230. The van der Waals surface area contributed by atoms with Crippen LogP contribution in [0.5, 0.6) is 0 Å². The van der Waals surface area contributed by atoms with Gasteiger partial charge < -0.3 is 20.4 Å². The molecule has 2 N–H and O–H groups in total. The van der Waals surface area contributed by atoms with Crippen LogP contribution in [0, 0.1) is 5.92 Å². The molecule has 41 heavy (non-hydrogen) atoms. The number of rotatable bonds is 13. The average Bonchev–Trinajstić information content (AvgIpc) is 2.91. The third-order valence-corrected chi connectivity index (χ3v) is 8.13. The zero-order chi connectivity index (χ0) is 30.3. The number of carbonyl (C=O) groups is 4. The molecule has 4 amide bonds. The third-order valence-electron chi connectivity index (χ3n) is 6.84. The Hall–Kier alpha value is -2.52. The highest BCUT2D eigenvalue weighted by Gasteiger charge is 2.43. The van der Waals surface area contributed by atoms with E-state index in [9.17, 15) is 19.2 Å². The van der Waals surface area contributed by atoms with Crippen LogP contribution in [0.25, 0.3) is 0 Å². The van der Waals surface area contributed by atoms with Crippen LogP contribution in [0.1, 0.15) is 37.8 Å². The summed E-state index contributed by atoms with van der Waals surface area (Å²) in [5.41, 5.74) is 5.31. The number of primary amides is 1. The molecule has 1 fully saturated rings. The zero-order valence-electron chi connectivity index (χ0n) is 22.9. The van der Waals surface area contributed by atoms with Gasteiger partial charge in [-0.1, -0.05) is 84.5 Å². The Balaban J connectivity index is 1.83. The van der Waals surface area contributed by atoms with Gasteiger partial charge in [-0.05, 0) is 47.7 Å². The fraction of sp³-hybridized carbons (Fsp3) is 0.448. The molecule has 1 aliphatic heterocycles. The van der Waals surface area contributed by atoms with Crippen molar-refractivity contribution in [1.29, 1.82) is 0 Å². The molecule has 0 spiro atoms. The van der Waals surface area contributed by atoms with Crippen molar-refractivity contribution in [2.45, 2.75) is 56.6 Å². The predicted molar refractivity (Wildman–Crippen MR) is 162 cm³/mol. The first-order chi connectivity index (χ1) is 19.3. The molecular formula is C29H34Cl4N4O4. The van der Waals surface area contributed by atoms with Gasteiger partial charge in [-0.3, -0.25) is 19.2 Å². The zero-order valence-corrected chi connectivity index (χ0v) is 26.0. The van der Waals surface area contributed by atoms with Gasteiger partial charge in [-0.25, -0.2) is 0 Å². The largest absolute Gasteiger partial charge is 0.368 e. The van der Waals surface area contributed by atoms with Crippen molar-refractivity contribution >= 4 is 70.0 Å². The minimum atomic E-state index is -1.11. The fourth-order valence-electron chi connectivity index (χ4n) is 4.57. The maximum atomic E-state index is 13.8. The number of piperazine rings is 1. The maximum absolute atomic E-state index is 13.8. The summed E-state index contributed by atoms with van der Waals surface area (Å²) in [6.45, 7) is 3.66. The second-order valence-electron chi connectivity index (χ2n) is 10.5. The number of amides is 4. The lowest BCUT2D eigenvalue weighted by Crippen LogP contribution is -2.63. The normalized spacial score (nSPS) is 17.1. The number of hydrogen-bond donors (Lipinski definition) is 1. The molecule has 12 heteroatoms. The van der Waals surface area contributed by atoms with Crippen LogP contribution < -0.4 is 5.73 Å². The van der Waals surface area contributed by atoms with Crippen LogP contribution in [0.15, 0.2) is 48.5 Å². The summed E-state index contributed by atoms with van der Waals surface area (Å²) < 4.78 is 0. The van der Waals surface area contributed by atoms with Gasteiger partial charge in [0.25, 0.3) is 0 Å². The summed E-state index contributed by atoms with van der Waals surface area (Å²) in [6, 6.07) is 12.9. The minimum absolute atomic E-state index is 0.205. The van der Waals surface area contributed by atoms with E-state index in [1.165, 1.54) is 9.80 Å². The average molecular weight is 644 g/mol. The first kappa shape index (κ1) is 33.0. The van der Waals surface area contributed by atoms with Crippen LogP contribution in [0.3, 0.4) is 0 Å². The molecule has 0 saturated carbocycles. The number of carbonyl (C=O) groups excluding carboxylic acids is 4. The summed E-state index contributed by atoms with van der Waals surface area (Å²) in [4.78, 5) is 56.5. The number of alkyl halides is 2. The quantitative estimate of drug-likeness (QED) is 0.252. The third kappa shape index (κ3) is 9.50. The lowest BCUT2D eigenvalue weighted by Gasteiger charge is -2.42. The van der Waals surface area contributed by atoms with Crippen LogP contribution in [-0.4, -0.2) is 75.0 Å². The molecule has 3 atom stereocenters. The molecular weight excluding hydrogens is 610 g/mol. The summed E-state index contributed by atoms with van der Waals surface area (Å²) >= 11 is 25.2. The van der Waals surface area contributed by atoms with Gasteiger partial charge in [0.05, 0.1) is 6.42 Å². The lowest BCUT2D eigenvalue weighted by molar-refractivity contribution is -0.159. The SMILES string of the molecule is CC(C)CCN1C(=O)CN(C(Cl)Cc2ccc(Cl)cc2)C(=O)C1CC(=O)N(CC(N)=O)C(Cl)Cc1ccc(Cl)cc1. The molecule has 1 saturated heterocycles. The van der Waals surface area contributed by atoms with E-state index >= 15 is 0 Å². The monoisotopic (exact) mass is 642 g/mol. The highest BCUT2D eigenvalue weighted by Crippen LogP contribution is 2.25. The van der Waals surface area contributed by atoms with Crippen molar-refractivity contribution in [2.75, 3.05) is 19.6 Å². The lowest BCUT2D eigenvalue weighted by atomic mass is 10.0. The first-order valence-electron chi connectivity index (χ1n) is 13.3. The molecule has 222 valence electrons. The molecule has 0 radical (unpaired) electrons. The van der Waals surface area contributed by atoms with Gasteiger partial charge >= 0.3 is 0 Å². The van der Waals surface area contributed by atoms with Gasteiger partial charge in [0.1, 0.15) is 30.1 Å². The molecule has 2 aromatic rings. The maximum Gasteiger partial charge on any atom is 0.247 e. The molecule has 3 unspecified atom stereocenters. The second-order valence-corrected chi connectivity index (χ2v) is 12.4. The van der Waals surface area contributed by atoms with Crippen molar-refractivity contribution in [3.8, 4) is 0 Å². The molecule has 8 nitrogen and oxygen atoms in total. The predicted octanol–water partition coefficient (Wildman–Crippen LogP) is 4.70. The molecule has 0 aromatic heterocycles. The number of nitrogens with zero attached hydrogens (tertiary/aromatic N) is 3. The van der Waals surface area contributed by atoms with E-state index in [-0.39, 0.29) is 37.6 Å². The van der Waals surface area contributed by atoms with Crippen LogP contribution >= 0.6 is 46.4 Å². The first-order valence-corrected chi connectivity index (χ1v) is 14.9. The van der Waals surface area contributed by atoms with Crippen molar-refractivity contribution in [3.63, 3.8) is 0 Å². The van der Waals surface area contributed by atoms with Crippen LogP contribution in [-0.2, 0) is 32.0 Å². The van der Waals surface area contributed by atoms with E-state index in [0.29, 0.717) is 23.0 Å². The van der Waals surface area contributed by atoms with E-state index in [2.05, 4.69) is 0 Å². The second kappa shape index (κ2) is 15.1. The number of nitrogens with two attached hydrogens (primary N) is 1. The van der Waals surface area contributed by atoms with E-state index in [1.807, 2.05) is 13.8 Å². The Labute approximate surface area is 260 Å². The van der Waals surface area contributed by atoms with Crippen molar-refractivity contribution in [3.05, 3.63) is 69.7 Å². The number of halogens is 4. The van der Waals surface area contributed by atoms with Crippen molar-refractivity contribution in [2.24, 2.45) is 11.7 Å². The van der Waals surface area contributed by atoms with Crippen LogP contribution in [0.2, 0.25) is 10.0 Å². The molecule has 3 rings (SSSR count). The summed E-state index contributed by atoms with van der Waals surface area (Å²) in [6.07, 6.45) is 0.756. The van der Waals surface area contributed by atoms with E-state index in [4.69, 9.17) is 52.1 Å². The Kier molecular flexibility index (Phi) is 12.1. The van der Waals surface area contributed by atoms with Crippen LogP contribution in [0.4, 0.5) is 0 Å². The van der Waals surface area contributed by atoms with Gasteiger partial charge in [0.2, 0.25) is 23.6 Å². The van der Waals surface area contributed by atoms with E-state index < -0.39 is 41.3 Å². The number of hydrogen-bond acceptors (Lipinski definition) is 4. The summed E-state index contributed by atoms with van der Waals surface area (Å²) in [5, 5.41) is 1.11. The minimum Gasteiger partial charge on any atom is -0.368 e. The molecule has 1 heterocycles. The van der Waals surface area contributed by atoms with Crippen molar-refractivity contribution in [1.82, 2.24) is 14.7 Å². The van der Waals surface area contributed by atoms with Gasteiger partial charge in [0, 0.05) is 29.4 Å². The standard InChI is InChI=1S/C29H34Cl4N4O4/c1-18(2)11-12-35-23(29(41)37(17-28(35)40)25(33)14-20-5-9-22(31)10-6-20)15-27(39)36(16-26(34)38)24(32)13-19-3-7-21(30)8-4-19/h3-10,18,23-25H,11-17H2,1-2H3,(H2,34,38). The highest BCUT2D eigenvalue weighted by atomic mass is 35.5. The van der Waals surface area contributed by atoms with Gasteiger partial charge in [-0.2, -0.15) is 0 Å². The topological polar surface area (TPSA) is 104 Å². The van der Waals surface area contributed by atoms with Crippen molar-refractivity contribution < 1.29 is 19.2 Å². The van der Waals surface area contributed by atoms with E-state index in [0.717, 1.165) is 16.0 Å². The Morgan fingerprint density at radius 2 is 1.49 bits per heavy atom. The van der Waals surface area contributed by atoms with Gasteiger partial charge in [-0.15, -0.1) is 0 Å². The van der Waals surface area contributed by atoms with E-state index in [1.54, 1.807) is 48.5 Å². The molecule has 2 aromatic carbocycles. The Morgan fingerprint density at radius 3 is 2.00 bits per heavy atom. The smallest absolute Gasteiger partial charge is 0.247 e. The number of benzene rings is 2. The summed E-state index contributed by atoms with van der Waals surface area (Å²) in [5.74, 6) is -1.83. The Morgan fingerprint density at radius 1 is 0.951 bits per heavy atom. The fourth-order valence-corrected chi connectivity index (χ4v) is 5.52. The molecule has 0 bridgehead atoms. The highest BCUT2D eigenvalue weighted by molar-refractivity contribution is 6.30.